The summed E-state index contributed by atoms with van der Waals surface area (Å²) in [4.78, 5) is 20.6. The molecule has 2 aromatic rings. The molecule has 1 amide bonds. The molecule has 1 aromatic carbocycles. The summed E-state index contributed by atoms with van der Waals surface area (Å²) >= 11 is 1.79. The lowest BCUT2D eigenvalue weighted by molar-refractivity contribution is -0.917. The predicted octanol–water partition coefficient (Wildman–Crippen LogP) is 0.702. The van der Waals surface area contributed by atoms with Crippen molar-refractivity contribution in [2.24, 2.45) is 0 Å². The highest BCUT2D eigenvalue weighted by Gasteiger charge is 2.31. The van der Waals surface area contributed by atoms with Gasteiger partial charge in [0.05, 0.1) is 36.4 Å². The molecule has 0 spiro atoms. The first-order valence-corrected chi connectivity index (χ1v) is 9.20. The molecule has 122 valence electrons. The Morgan fingerprint density at radius 2 is 2.17 bits per heavy atom. The van der Waals surface area contributed by atoms with Gasteiger partial charge in [0.15, 0.2) is 0 Å². The average molecular weight is 332 g/mol. The molecule has 0 unspecified atom stereocenters. The number of carbonyl (C=O) groups is 1. The highest BCUT2D eigenvalue weighted by molar-refractivity contribution is 7.18. The molecular weight excluding hydrogens is 310 g/mol. The van der Waals surface area contributed by atoms with Crippen molar-refractivity contribution >= 4 is 27.5 Å². The van der Waals surface area contributed by atoms with Crippen molar-refractivity contribution < 1.29 is 14.4 Å². The Bertz CT molecular complexity index is 655. The van der Waals surface area contributed by atoms with Gasteiger partial charge < -0.3 is 14.5 Å². The van der Waals surface area contributed by atoms with Crippen LogP contribution in [0.15, 0.2) is 24.3 Å². The Labute approximate surface area is 139 Å². The highest BCUT2D eigenvalue weighted by Crippen LogP contribution is 2.21. The average Bonchev–Trinajstić information content (AvgIpc) is 3.24. The third-order valence-corrected chi connectivity index (χ3v) is 5.76. The minimum Gasteiger partial charge on any atom is -0.368 e. The number of thiazole rings is 1. The number of ether oxygens (including phenoxy) is 1. The molecule has 1 aromatic heterocycles. The highest BCUT2D eigenvalue weighted by atomic mass is 32.1. The summed E-state index contributed by atoms with van der Waals surface area (Å²) in [5.41, 5.74) is 1.10. The van der Waals surface area contributed by atoms with E-state index in [2.05, 4.69) is 18.2 Å². The van der Waals surface area contributed by atoms with E-state index in [-0.39, 0.29) is 12.0 Å². The van der Waals surface area contributed by atoms with Crippen molar-refractivity contribution in [1.29, 1.82) is 0 Å². The Hall–Kier alpha value is -1.50. The van der Waals surface area contributed by atoms with Crippen LogP contribution >= 0.6 is 11.3 Å². The second-order valence-electron chi connectivity index (χ2n) is 6.33. The number of quaternary nitrogens is 1. The zero-order valence-electron chi connectivity index (χ0n) is 13.2. The number of rotatable bonds is 3. The number of fused-ring (bicyclic) bond motifs is 1. The largest absolute Gasteiger partial charge is 0.368 e. The maximum atomic E-state index is 12.4. The molecule has 0 bridgehead atoms. The molecule has 2 aliphatic rings. The second-order valence-corrected chi connectivity index (χ2v) is 7.44. The lowest BCUT2D eigenvalue weighted by Gasteiger charge is -2.33. The van der Waals surface area contributed by atoms with Gasteiger partial charge in [-0.25, -0.2) is 4.98 Å². The smallest absolute Gasteiger partial charge is 0.252 e. The third-order valence-electron chi connectivity index (χ3n) is 4.73. The zero-order chi connectivity index (χ0) is 15.6. The van der Waals surface area contributed by atoms with Crippen molar-refractivity contribution in [2.75, 3.05) is 32.8 Å². The topological polar surface area (TPSA) is 46.9 Å². The number of benzene rings is 1. The van der Waals surface area contributed by atoms with Gasteiger partial charge in [0.1, 0.15) is 17.7 Å². The number of hydrogen-bond acceptors (Lipinski definition) is 4. The molecule has 5 nitrogen and oxygen atoms in total. The van der Waals surface area contributed by atoms with E-state index >= 15 is 0 Å². The number of nitrogens with one attached hydrogen (secondary N) is 1. The number of amides is 1. The van der Waals surface area contributed by atoms with Gasteiger partial charge >= 0.3 is 0 Å². The molecule has 4 rings (SSSR count). The number of aromatic nitrogens is 1. The maximum absolute atomic E-state index is 12.4. The summed E-state index contributed by atoms with van der Waals surface area (Å²) in [5.74, 6) is 0.196. The predicted molar refractivity (Wildman–Crippen MR) is 89.6 cm³/mol. The van der Waals surface area contributed by atoms with Crippen LogP contribution in [0.1, 0.15) is 17.8 Å². The number of hydrogen-bond donors (Lipinski definition) is 1. The molecule has 23 heavy (non-hydrogen) atoms. The van der Waals surface area contributed by atoms with E-state index < -0.39 is 0 Å². The normalized spacial score (nSPS) is 22.8. The minimum atomic E-state index is -0.180. The summed E-state index contributed by atoms with van der Waals surface area (Å²) in [6, 6.07) is 8.30. The fourth-order valence-electron chi connectivity index (χ4n) is 3.41. The van der Waals surface area contributed by atoms with E-state index in [1.54, 1.807) is 11.3 Å². The van der Waals surface area contributed by atoms with Gasteiger partial charge in [-0.05, 0) is 25.0 Å². The van der Waals surface area contributed by atoms with E-state index in [0.717, 1.165) is 57.7 Å². The monoisotopic (exact) mass is 332 g/mol. The van der Waals surface area contributed by atoms with Crippen LogP contribution in [0.25, 0.3) is 10.2 Å². The first-order chi connectivity index (χ1) is 11.3. The van der Waals surface area contributed by atoms with Crippen LogP contribution in [-0.2, 0) is 16.1 Å². The van der Waals surface area contributed by atoms with Gasteiger partial charge in [-0.1, -0.05) is 12.1 Å². The van der Waals surface area contributed by atoms with Crippen LogP contribution in [0.5, 0.6) is 0 Å². The zero-order valence-corrected chi connectivity index (χ0v) is 14.0. The van der Waals surface area contributed by atoms with Gasteiger partial charge in [-0.3, -0.25) is 4.79 Å². The van der Waals surface area contributed by atoms with E-state index in [1.807, 2.05) is 11.0 Å². The number of para-hydroxylation sites is 1. The molecular formula is C17H22N3O2S+. The SMILES string of the molecule is O=C([C@H]1CCCO1)N1CC[NH+](Cc2nc3ccccc3s2)CC1. The molecule has 0 radical (unpaired) electrons. The number of nitrogens with zero attached hydrogens (tertiary/aromatic N) is 2. The van der Waals surface area contributed by atoms with Gasteiger partial charge in [0, 0.05) is 6.61 Å². The maximum Gasteiger partial charge on any atom is 0.252 e. The van der Waals surface area contributed by atoms with Crippen molar-refractivity contribution in [2.45, 2.75) is 25.5 Å². The fourth-order valence-corrected chi connectivity index (χ4v) is 4.44. The van der Waals surface area contributed by atoms with Crippen LogP contribution in [-0.4, -0.2) is 54.7 Å². The summed E-state index contributed by atoms with van der Waals surface area (Å²) in [7, 11) is 0. The lowest BCUT2D eigenvalue weighted by atomic mass is 10.2. The Balaban J connectivity index is 1.33. The Morgan fingerprint density at radius 1 is 1.35 bits per heavy atom. The van der Waals surface area contributed by atoms with Crippen molar-refractivity contribution in [3.8, 4) is 0 Å². The molecule has 2 saturated heterocycles. The molecule has 6 heteroatoms. The number of carbonyl (C=O) groups excluding carboxylic acids is 1. The fraction of sp³-hybridized carbons (Fsp3) is 0.529. The quantitative estimate of drug-likeness (QED) is 0.900. The van der Waals surface area contributed by atoms with E-state index in [0.29, 0.717) is 0 Å². The van der Waals surface area contributed by atoms with Gasteiger partial charge in [-0.2, -0.15) is 0 Å². The van der Waals surface area contributed by atoms with Crippen LogP contribution in [0.4, 0.5) is 0 Å². The van der Waals surface area contributed by atoms with Gasteiger partial charge in [0.25, 0.3) is 5.91 Å². The van der Waals surface area contributed by atoms with Crippen LogP contribution in [0.3, 0.4) is 0 Å². The van der Waals surface area contributed by atoms with E-state index in [9.17, 15) is 4.79 Å². The summed E-state index contributed by atoms with van der Waals surface area (Å²) in [5, 5.41) is 1.19. The van der Waals surface area contributed by atoms with E-state index in [1.165, 1.54) is 14.6 Å². The lowest BCUT2D eigenvalue weighted by Crippen LogP contribution is -3.13. The number of piperazine rings is 1. The van der Waals surface area contributed by atoms with Gasteiger partial charge in [0.2, 0.25) is 0 Å². The van der Waals surface area contributed by atoms with Crippen molar-refractivity contribution in [3.05, 3.63) is 29.3 Å². The molecule has 0 saturated carbocycles. The van der Waals surface area contributed by atoms with Gasteiger partial charge in [-0.15, -0.1) is 11.3 Å². The summed E-state index contributed by atoms with van der Waals surface area (Å²) in [6.45, 7) is 5.35. The van der Waals surface area contributed by atoms with Crippen LogP contribution in [0, 0.1) is 0 Å². The Morgan fingerprint density at radius 3 is 2.91 bits per heavy atom. The summed E-state index contributed by atoms with van der Waals surface area (Å²) in [6.07, 6.45) is 1.72. The first kappa shape index (κ1) is 15.1. The molecule has 1 N–H and O–H groups in total. The Kier molecular flexibility index (Phi) is 4.29. The minimum absolute atomic E-state index is 0.180. The second kappa shape index (κ2) is 6.55. The van der Waals surface area contributed by atoms with Crippen molar-refractivity contribution in [1.82, 2.24) is 9.88 Å². The summed E-state index contributed by atoms with van der Waals surface area (Å²) < 4.78 is 6.78. The third kappa shape index (κ3) is 3.24. The molecule has 0 aliphatic carbocycles. The van der Waals surface area contributed by atoms with Crippen LogP contribution in [0.2, 0.25) is 0 Å². The first-order valence-electron chi connectivity index (χ1n) is 8.38. The molecule has 2 fully saturated rings. The molecule has 1 atom stereocenters. The molecule has 3 heterocycles. The molecule has 2 aliphatic heterocycles. The van der Waals surface area contributed by atoms with Crippen molar-refractivity contribution in [3.63, 3.8) is 0 Å². The van der Waals surface area contributed by atoms with Crippen LogP contribution < -0.4 is 4.90 Å². The standard InChI is InChI=1S/C17H21N3O2S/c21-17(14-5-3-11-22-14)20-9-7-19(8-10-20)12-16-18-13-4-1-2-6-15(13)23-16/h1-2,4,6,14H,3,5,7-12H2/p+1/t14-/m1/s1. The van der Waals surface area contributed by atoms with E-state index in [4.69, 9.17) is 9.72 Å².